The minimum absolute atomic E-state index is 0.205. The van der Waals surface area contributed by atoms with Gasteiger partial charge in [0, 0.05) is 11.6 Å². The predicted octanol–water partition coefficient (Wildman–Crippen LogP) is 4.49. The number of halogens is 3. The van der Waals surface area contributed by atoms with Crippen LogP contribution < -0.4 is 5.32 Å². The van der Waals surface area contributed by atoms with Gasteiger partial charge in [-0.05, 0) is 43.1 Å². The lowest BCUT2D eigenvalue weighted by Crippen LogP contribution is -2.25. The van der Waals surface area contributed by atoms with E-state index in [9.17, 15) is 8.78 Å². The van der Waals surface area contributed by atoms with Gasteiger partial charge in [-0.15, -0.1) is 0 Å². The average molecular weight is 300 g/mol. The van der Waals surface area contributed by atoms with E-state index in [2.05, 4.69) is 5.32 Å². The first-order valence-electron chi connectivity index (χ1n) is 6.50. The molecule has 0 radical (unpaired) electrons. The Hall–Kier alpha value is -1.39. The summed E-state index contributed by atoms with van der Waals surface area (Å²) in [4.78, 5) is 0. The van der Waals surface area contributed by atoms with Crippen molar-refractivity contribution >= 4 is 11.6 Å². The second-order valence-electron chi connectivity index (χ2n) is 4.63. The van der Waals surface area contributed by atoms with E-state index in [4.69, 9.17) is 16.0 Å². The summed E-state index contributed by atoms with van der Waals surface area (Å²) in [7, 11) is 0. The van der Waals surface area contributed by atoms with Gasteiger partial charge in [-0.3, -0.25) is 0 Å². The number of hydrogen-bond donors (Lipinski definition) is 1. The summed E-state index contributed by atoms with van der Waals surface area (Å²) in [6, 6.07) is 3.66. The Morgan fingerprint density at radius 2 is 2.10 bits per heavy atom. The van der Waals surface area contributed by atoms with Crippen molar-refractivity contribution in [2.24, 2.45) is 0 Å². The molecule has 0 saturated carbocycles. The normalized spacial score (nSPS) is 12.6. The SMILES string of the molecule is CCCNC(Cc1ccoc1)c1cc(F)c(Cl)cc1F. The van der Waals surface area contributed by atoms with Gasteiger partial charge >= 0.3 is 0 Å². The maximum absolute atomic E-state index is 14.0. The van der Waals surface area contributed by atoms with Crippen LogP contribution in [0, 0.1) is 11.6 Å². The number of furan rings is 1. The molecule has 2 aromatic rings. The zero-order valence-corrected chi connectivity index (χ0v) is 11.9. The van der Waals surface area contributed by atoms with Crippen LogP contribution in [-0.4, -0.2) is 6.54 Å². The Morgan fingerprint density at radius 3 is 2.75 bits per heavy atom. The van der Waals surface area contributed by atoms with E-state index in [0.29, 0.717) is 13.0 Å². The first kappa shape index (κ1) is 15.0. The quantitative estimate of drug-likeness (QED) is 0.795. The van der Waals surface area contributed by atoms with E-state index in [-0.39, 0.29) is 16.6 Å². The van der Waals surface area contributed by atoms with Gasteiger partial charge < -0.3 is 9.73 Å². The fourth-order valence-corrected chi connectivity index (χ4v) is 2.21. The lowest BCUT2D eigenvalue weighted by atomic mass is 9.99. The summed E-state index contributed by atoms with van der Waals surface area (Å²) in [6.07, 6.45) is 4.59. The van der Waals surface area contributed by atoms with Crippen molar-refractivity contribution in [1.29, 1.82) is 0 Å². The van der Waals surface area contributed by atoms with Gasteiger partial charge in [-0.2, -0.15) is 0 Å². The average Bonchev–Trinajstić information content (AvgIpc) is 2.92. The molecule has 2 nitrogen and oxygen atoms in total. The van der Waals surface area contributed by atoms with Crippen LogP contribution in [0.15, 0.2) is 35.1 Å². The van der Waals surface area contributed by atoms with Crippen molar-refractivity contribution in [3.63, 3.8) is 0 Å². The molecule has 5 heteroatoms. The van der Waals surface area contributed by atoms with Gasteiger partial charge in [0.05, 0.1) is 17.5 Å². The second kappa shape index (κ2) is 6.86. The van der Waals surface area contributed by atoms with Crippen LogP contribution >= 0.6 is 11.6 Å². The van der Waals surface area contributed by atoms with Crippen molar-refractivity contribution in [3.05, 3.63) is 58.5 Å². The van der Waals surface area contributed by atoms with Crippen molar-refractivity contribution in [2.45, 2.75) is 25.8 Å². The first-order valence-corrected chi connectivity index (χ1v) is 6.88. The van der Waals surface area contributed by atoms with Crippen molar-refractivity contribution in [1.82, 2.24) is 5.32 Å². The molecule has 1 N–H and O–H groups in total. The van der Waals surface area contributed by atoms with E-state index in [1.54, 1.807) is 12.5 Å². The largest absolute Gasteiger partial charge is 0.472 e. The lowest BCUT2D eigenvalue weighted by Gasteiger charge is -2.19. The van der Waals surface area contributed by atoms with Crippen LogP contribution in [0.4, 0.5) is 8.78 Å². The molecular weight excluding hydrogens is 284 g/mol. The minimum Gasteiger partial charge on any atom is -0.472 e. The van der Waals surface area contributed by atoms with E-state index in [0.717, 1.165) is 24.1 Å². The Labute approximate surface area is 121 Å². The fourth-order valence-electron chi connectivity index (χ4n) is 2.06. The van der Waals surface area contributed by atoms with Gasteiger partial charge in [-0.1, -0.05) is 18.5 Å². The third kappa shape index (κ3) is 3.58. The smallest absolute Gasteiger partial charge is 0.142 e. The van der Waals surface area contributed by atoms with Crippen molar-refractivity contribution in [3.8, 4) is 0 Å². The summed E-state index contributed by atoms with van der Waals surface area (Å²) < 4.78 is 32.6. The van der Waals surface area contributed by atoms with E-state index >= 15 is 0 Å². The highest BCUT2D eigenvalue weighted by Crippen LogP contribution is 2.26. The lowest BCUT2D eigenvalue weighted by molar-refractivity contribution is 0.487. The molecule has 0 aliphatic rings. The van der Waals surface area contributed by atoms with E-state index in [1.165, 1.54) is 0 Å². The zero-order chi connectivity index (χ0) is 14.5. The first-order chi connectivity index (χ1) is 9.61. The topological polar surface area (TPSA) is 25.2 Å². The van der Waals surface area contributed by atoms with Crippen molar-refractivity contribution in [2.75, 3.05) is 6.54 Å². The van der Waals surface area contributed by atoms with Gasteiger partial charge in [-0.25, -0.2) is 8.78 Å². The van der Waals surface area contributed by atoms with Crippen LogP contribution in [-0.2, 0) is 6.42 Å². The highest BCUT2D eigenvalue weighted by molar-refractivity contribution is 6.30. The van der Waals surface area contributed by atoms with Crippen LogP contribution in [0.25, 0.3) is 0 Å². The standard InChI is InChI=1S/C15H16ClF2NO/c1-2-4-19-15(6-10-3-5-20-9-10)11-7-14(18)12(16)8-13(11)17/h3,5,7-9,15,19H,2,4,6H2,1H3. The van der Waals surface area contributed by atoms with E-state index < -0.39 is 11.6 Å². The molecule has 1 aromatic heterocycles. The van der Waals surface area contributed by atoms with Gasteiger partial charge in [0.2, 0.25) is 0 Å². The highest BCUT2D eigenvalue weighted by atomic mass is 35.5. The van der Waals surface area contributed by atoms with Crippen LogP contribution in [0.5, 0.6) is 0 Å². The minimum atomic E-state index is -0.612. The number of rotatable bonds is 6. The summed E-state index contributed by atoms with van der Waals surface area (Å²) in [5.41, 5.74) is 1.20. The van der Waals surface area contributed by atoms with E-state index in [1.807, 2.05) is 13.0 Å². The molecule has 0 aliphatic heterocycles. The maximum Gasteiger partial charge on any atom is 0.142 e. The number of nitrogens with one attached hydrogen (secondary N) is 1. The molecule has 108 valence electrons. The third-order valence-corrected chi connectivity index (χ3v) is 3.37. The molecule has 0 aliphatic carbocycles. The molecule has 20 heavy (non-hydrogen) atoms. The molecule has 1 atom stereocenters. The third-order valence-electron chi connectivity index (χ3n) is 3.08. The molecule has 0 spiro atoms. The summed E-state index contributed by atoms with van der Waals surface area (Å²) in [6.45, 7) is 2.73. The number of benzene rings is 1. The molecule has 1 aromatic carbocycles. The van der Waals surface area contributed by atoms with Crippen molar-refractivity contribution < 1.29 is 13.2 Å². The Balaban J connectivity index is 2.27. The summed E-state index contributed by atoms with van der Waals surface area (Å²) in [5, 5.41) is 3.02. The maximum atomic E-state index is 14.0. The van der Waals surface area contributed by atoms with Gasteiger partial charge in [0.25, 0.3) is 0 Å². The molecule has 1 heterocycles. The molecule has 0 amide bonds. The van der Waals surface area contributed by atoms with Gasteiger partial charge in [0.1, 0.15) is 11.6 Å². The van der Waals surface area contributed by atoms with Crippen LogP contribution in [0.2, 0.25) is 5.02 Å². The molecular formula is C15H16ClF2NO. The molecule has 0 fully saturated rings. The zero-order valence-electron chi connectivity index (χ0n) is 11.1. The summed E-state index contributed by atoms with van der Waals surface area (Å²) in [5.74, 6) is -1.12. The van der Waals surface area contributed by atoms with Crippen LogP contribution in [0.1, 0.15) is 30.5 Å². The molecule has 0 bridgehead atoms. The Bertz CT molecular complexity index is 557. The number of hydrogen-bond acceptors (Lipinski definition) is 2. The second-order valence-corrected chi connectivity index (χ2v) is 5.04. The van der Waals surface area contributed by atoms with Gasteiger partial charge in [0.15, 0.2) is 0 Å². The molecule has 2 rings (SSSR count). The van der Waals surface area contributed by atoms with Crippen LogP contribution in [0.3, 0.4) is 0 Å². The Morgan fingerprint density at radius 1 is 1.30 bits per heavy atom. The highest BCUT2D eigenvalue weighted by Gasteiger charge is 2.18. The fraction of sp³-hybridized carbons (Fsp3) is 0.333. The molecule has 1 unspecified atom stereocenters. The summed E-state index contributed by atoms with van der Waals surface area (Å²) >= 11 is 5.59. The Kier molecular flexibility index (Phi) is 5.15. The monoisotopic (exact) mass is 299 g/mol. The predicted molar refractivity (Wildman–Crippen MR) is 74.8 cm³/mol. The molecule has 0 saturated heterocycles.